The summed E-state index contributed by atoms with van der Waals surface area (Å²) in [6, 6.07) is 29.7. The second-order valence-corrected chi connectivity index (χ2v) is 19.8. The molecule has 0 atom stereocenters. The van der Waals surface area contributed by atoms with Crippen LogP contribution >= 0.6 is 11.6 Å². The number of benzene rings is 4. The highest BCUT2D eigenvalue weighted by Crippen LogP contribution is 2.56. The van der Waals surface area contributed by atoms with Gasteiger partial charge in [0.25, 0.3) is 5.24 Å². The highest BCUT2D eigenvalue weighted by atomic mass is 35.5. The molecule has 0 saturated carbocycles. The number of unbranched alkanes of at least 4 members (excludes halogenated alkanes) is 20. The summed E-state index contributed by atoms with van der Waals surface area (Å²) in [5.41, 5.74) is 11.8. The molecule has 0 amide bonds. The first kappa shape index (κ1) is 51.3. The lowest BCUT2D eigenvalue weighted by Gasteiger charge is -2.33. The van der Waals surface area contributed by atoms with Gasteiger partial charge in [-0.1, -0.05) is 242 Å². The Morgan fingerprint density at radius 2 is 0.688 bits per heavy atom. The number of fused-ring (bicyclic) bond motifs is 6. The summed E-state index contributed by atoms with van der Waals surface area (Å²) in [6.07, 6.45) is 35.7. The van der Waals surface area contributed by atoms with E-state index in [0.717, 1.165) is 25.7 Å². The summed E-state index contributed by atoms with van der Waals surface area (Å²) >= 11 is 5.92. The first-order valence-electron chi connectivity index (χ1n) is 26.2. The van der Waals surface area contributed by atoms with E-state index in [-0.39, 0.29) is 16.1 Å². The van der Waals surface area contributed by atoms with Crippen molar-refractivity contribution in [2.45, 2.75) is 218 Å². The van der Waals surface area contributed by atoms with E-state index in [4.69, 9.17) is 11.6 Å². The maximum atomic E-state index is 12.0. The van der Waals surface area contributed by atoms with Gasteiger partial charge in [-0.3, -0.25) is 4.79 Å². The molecular weight excluding hydrogens is 804 g/mol. The minimum absolute atomic E-state index is 0.0176. The van der Waals surface area contributed by atoms with Gasteiger partial charge in [-0.15, -0.1) is 0 Å². The van der Waals surface area contributed by atoms with Crippen molar-refractivity contribution >= 4 is 22.8 Å². The predicted molar refractivity (Wildman–Crippen MR) is 274 cm³/mol. The summed E-state index contributed by atoms with van der Waals surface area (Å²) in [4.78, 5) is 23.8. The third-order valence-electron chi connectivity index (χ3n) is 14.8. The Bertz CT molecular complexity index is 1850. The van der Waals surface area contributed by atoms with E-state index in [2.05, 4.69) is 94.4 Å². The quantitative estimate of drug-likeness (QED) is 0.0419. The Morgan fingerprint density at radius 3 is 1.03 bits per heavy atom. The number of rotatable bonds is 30. The van der Waals surface area contributed by atoms with Crippen molar-refractivity contribution in [2.24, 2.45) is 0 Å². The van der Waals surface area contributed by atoms with Crippen molar-refractivity contribution in [1.82, 2.24) is 0 Å². The SMILES string of the molecule is CCCCCCCCC1(CCCCCCCC)c2ccccc2-c2ccc(C(=O)Cl)cc21.CCCCCCCCC1(CCCCCCCC)c2ccccc2-c2ccc(C(=O)O)cc21. The van der Waals surface area contributed by atoms with Gasteiger partial charge in [0, 0.05) is 16.4 Å². The van der Waals surface area contributed by atoms with E-state index < -0.39 is 5.97 Å². The van der Waals surface area contributed by atoms with Crippen LogP contribution in [0.2, 0.25) is 0 Å². The molecule has 6 rings (SSSR count). The first-order chi connectivity index (χ1) is 31.3. The van der Waals surface area contributed by atoms with Gasteiger partial charge in [0.1, 0.15) is 0 Å². The van der Waals surface area contributed by atoms with Crippen LogP contribution in [0.15, 0.2) is 84.9 Å². The minimum atomic E-state index is -0.822. The number of carbonyl (C=O) groups is 2. The zero-order chi connectivity index (χ0) is 45.6. The van der Waals surface area contributed by atoms with Crippen LogP contribution in [0.3, 0.4) is 0 Å². The van der Waals surface area contributed by atoms with E-state index in [9.17, 15) is 14.7 Å². The molecule has 0 heterocycles. The monoisotopic (exact) mass is 887 g/mol. The van der Waals surface area contributed by atoms with Gasteiger partial charge in [0.2, 0.25) is 0 Å². The molecule has 0 fully saturated rings. The van der Waals surface area contributed by atoms with Crippen LogP contribution in [0, 0.1) is 0 Å². The normalized spacial score (nSPS) is 13.7. The van der Waals surface area contributed by atoms with Crippen molar-refractivity contribution in [3.05, 3.63) is 118 Å². The van der Waals surface area contributed by atoms with Crippen LogP contribution < -0.4 is 0 Å². The average molecular weight is 888 g/mol. The van der Waals surface area contributed by atoms with Crippen molar-refractivity contribution in [1.29, 1.82) is 0 Å². The maximum absolute atomic E-state index is 12.0. The van der Waals surface area contributed by atoms with Gasteiger partial charge in [-0.2, -0.15) is 0 Å². The molecule has 0 spiro atoms. The van der Waals surface area contributed by atoms with E-state index in [1.807, 2.05) is 12.1 Å². The number of halogens is 1. The molecule has 0 bridgehead atoms. The first-order valence-corrected chi connectivity index (χ1v) is 26.6. The molecule has 4 aromatic carbocycles. The Morgan fingerprint density at radius 1 is 0.391 bits per heavy atom. The van der Waals surface area contributed by atoms with Crippen LogP contribution in [-0.4, -0.2) is 16.3 Å². The fourth-order valence-electron chi connectivity index (χ4n) is 11.3. The number of carboxylic acids is 1. The van der Waals surface area contributed by atoms with Crippen LogP contribution in [-0.2, 0) is 10.8 Å². The van der Waals surface area contributed by atoms with E-state index in [0.29, 0.717) is 11.1 Å². The fraction of sp³-hybridized carbons (Fsp3) is 0.567. The van der Waals surface area contributed by atoms with Crippen molar-refractivity contribution < 1.29 is 14.7 Å². The molecule has 4 aromatic rings. The van der Waals surface area contributed by atoms with Gasteiger partial charge in [0.05, 0.1) is 5.56 Å². The zero-order valence-corrected chi connectivity index (χ0v) is 41.3. The largest absolute Gasteiger partial charge is 0.478 e. The Kier molecular flexibility index (Phi) is 21.7. The molecule has 64 heavy (non-hydrogen) atoms. The van der Waals surface area contributed by atoms with Crippen molar-refractivity contribution in [2.75, 3.05) is 0 Å². The van der Waals surface area contributed by atoms with Gasteiger partial charge >= 0.3 is 5.97 Å². The maximum Gasteiger partial charge on any atom is 0.335 e. The van der Waals surface area contributed by atoms with Crippen LogP contribution in [0.4, 0.5) is 0 Å². The molecule has 2 aliphatic carbocycles. The third kappa shape index (κ3) is 13.2. The topological polar surface area (TPSA) is 54.4 Å². The summed E-state index contributed by atoms with van der Waals surface area (Å²) in [6.45, 7) is 9.08. The molecule has 0 saturated heterocycles. The summed E-state index contributed by atoms with van der Waals surface area (Å²) in [7, 11) is 0. The molecule has 2 aliphatic rings. The van der Waals surface area contributed by atoms with Crippen molar-refractivity contribution in [3.63, 3.8) is 0 Å². The van der Waals surface area contributed by atoms with Crippen LogP contribution in [0.25, 0.3) is 22.3 Å². The lowest BCUT2D eigenvalue weighted by atomic mass is 9.70. The Labute approximate surface area is 394 Å². The second kappa shape index (κ2) is 27.1. The number of hydrogen-bond acceptors (Lipinski definition) is 2. The molecule has 4 heteroatoms. The van der Waals surface area contributed by atoms with Crippen LogP contribution in [0.5, 0.6) is 0 Å². The number of aromatic carboxylic acids is 1. The fourth-order valence-corrected chi connectivity index (χ4v) is 11.4. The number of carbonyl (C=O) groups excluding carboxylic acids is 1. The van der Waals surface area contributed by atoms with E-state index in [1.54, 1.807) is 6.07 Å². The molecule has 1 N–H and O–H groups in total. The molecule has 0 aromatic heterocycles. The number of hydrogen-bond donors (Lipinski definition) is 1. The second-order valence-electron chi connectivity index (χ2n) is 19.4. The highest BCUT2D eigenvalue weighted by molar-refractivity contribution is 6.67. The van der Waals surface area contributed by atoms with E-state index >= 15 is 0 Å². The lowest BCUT2D eigenvalue weighted by Crippen LogP contribution is -2.26. The van der Waals surface area contributed by atoms with Crippen molar-refractivity contribution in [3.8, 4) is 22.3 Å². The summed E-state index contributed by atoms with van der Waals surface area (Å²) in [5.74, 6) is -0.822. The van der Waals surface area contributed by atoms with Gasteiger partial charge in [-0.25, -0.2) is 4.79 Å². The molecular formula is C60H83ClO3. The standard InChI is InChI=1S/C30H41ClO.C30H42O2/c2*1-3-5-7-9-11-15-21-30(22-16-12-10-8-6-4-2)27-18-14-13-17-25(27)26-20-19-24(29(31)32)23-28(26)30/h13-14,17-20,23H,3-12,15-16,21-22H2,1-2H3;13-14,17-20,23H,3-12,15-16,21-22H2,1-2H3,(H,31,32). The van der Waals surface area contributed by atoms with Gasteiger partial charge in [0.15, 0.2) is 0 Å². The smallest absolute Gasteiger partial charge is 0.335 e. The van der Waals surface area contributed by atoms with E-state index in [1.165, 1.54) is 199 Å². The zero-order valence-electron chi connectivity index (χ0n) is 40.5. The molecule has 0 radical (unpaired) electrons. The number of carboxylic acid groups (broad SMARTS) is 1. The van der Waals surface area contributed by atoms with Gasteiger partial charge in [-0.05, 0) is 106 Å². The van der Waals surface area contributed by atoms with Gasteiger partial charge < -0.3 is 5.11 Å². The Hall–Kier alpha value is -3.69. The Balaban J connectivity index is 0.000000241. The molecule has 3 nitrogen and oxygen atoms in total. The summed E-state index contributed by atoms with van der Waals surface area (Å²) in [5, 5.41) is 9.35. The highest BCUT2D eigenvalue weighted by Gasteiger charge is 2.43. The average Bonchev–Trinajstić information content (AvgIpc) is 3.74. The third-order valence-corrected chi connectivity index (χ3v) is 15.1. The minimum Gasteiger partial charge on any atom is -0.478 e. The lowest BCUT2D eigenvalue weighted by molar-refractivity contribution is 0.0696. The molecule has 348 valence electrons. The molecule has 0 unspecified atom stereocenters. The van der Waals surface area contributed by atoms with Crippen LogP contribution in [0.1, 0.15) is 250 Å². The summed E-state index contributed by atoms with van der Waals surface area (Å²) < 4.78 is 0. The predicted octanol–water partition coefficient (Wildman–Crippen LogP) is 19.0. The molecule has 0 aliphatic heterocycles.